The van der Waals surface area contributed by atoms with Crippen LogP contribution in [-0.4, -0.2) is 48.5 Å². The lowest BCUT2D eigenvalue weighted by Gasteiger charge is -2.21. The van der Waals surface area contributed by atoms with Gasteiger partial charge in [0.2, 0.25) is 0 Å². The molecule has 0 aromatic heterocycles. The Morgan fingerprint density at radius 3 is 2.37 bits per heavy atom. The molecule has 1 aromatic carbocycles. The Balaban J connectivity index is 2.85. The predicted octanol–water partition coefficient (Wildman–Crippen LogP) is 0.747. The zero-order valence-corrected chi connectivity index (χ0v) is 10.7. The number of aliphatic hydroxyl groups excluding tert-OH is 1. The van der Waals surface area contributed by atoms with E-state index in [0.717, 1.165) is 0 Å². The molecule has 104 valence electrons. The van der Waals surface area contributed by atoms with Gasteiger partial charge in [0.1, 0.15) is 6.61 Å². The van der Waals surface area contributed by atoms with E-state index >= 15 is 0 Å². The van der Waals surface area contributed by atoms with Crippen LogP contribution >= 0.6 is 0 Å². The molecule has 0 aliphatic heterocycles. The van der Waals surface area contributed by atoms with Crippen molar-refractivity contribution in [2.24, 2.45) is 0 Å². The number of anilines is 1. The van der Waals surface area contributed by atoms with Gasteiger partial charge >= 0.3 is 5.97 Å². The molecule has 2 N–H and O–H groups in total. The van der Waals surface area contributed by atoms with E-state index in [1.807, 2.05) is 0 Å². The van der Waals surface area contributed by atoms with Gasteiger partial charge in [0.15, 0.2) is 0 Å². The number of carbonyl (C=O) groups excluding carboxylic acids is 1. The molecule has 0 aliphatic rings. The fraction of sp³-hybridized carbons (Fsp3) is 0.385. The first-order chi connectivity index (χ1) is 9.10. The molecule has 1 rings (SSSR count). The van der Waals surface area contributed by atoms with Crippen LogP contribution < -0.4 is 4.90 Å². The lowest BCUT2D eigenvalue weighted by atomic mass is 10.2. The third kappa shape index (κ3) is 4.35. The minimum absolute atomic E-state index is 0.0722. The number of hydrogen-bond donors (Lipinski definition) is 2. The fourth-order valence-electron chi connectivity index (χ4n) is 1.55. The van der Waals surface area contributed by atoms with Crippen molar-refractivity contribution in [2.75, 3.05) is 31.3 Å². The SMILES string of the molecule is CCOCC(=O)N(CCO)c1ccc(C(=O)O)cc1. The summed E-state index contributed by atoms with van der Waals surface area (Å²) in [6.45, 7) is 2.09. The van der Waals surface area contributed by atoms with E-state index in [1.165, 1.54) is 29.2 Å². The molecule has 0 heterocycles. The van der Waals surface area contributed by atoms with Gasteiger partial charge in [-0.25, -0.2) is 4.79 Å². The van der Waals surface area contributed by atoms with Crippen LogP contribution in [0.15, 0.2) is 24.3 Å². The van der Waals surface area contributed by atoms with Gasteiger partial charge in [0, 0.05) is 18.8 Å². The van der Waals surface area contributed by atoms with E-state index in [2.05, 4.69) is 0 Å². The van der Waals surface area contributed by atoms with Crippen LogP contribution in [-0.2, 0) is 9.53 Å². The number of aliphatic hydroxyl groups is 1. The van der Waals surface area contributed by atoms with Crippen molar-refractivity contribution in [1.29, 1.82) is 0 Å². The summed E-state index contributed by atoms with van der Waals surface area (Å²) in [5.74, 6) is -1.31. The number of carboxylic acid groups (broad SMARTS) is 1. The highest BCUT2D eigenvalue weighted by Crippen LogP contribution is 2.15. The second kappa shape index (κ2) is 7.50. The Kier molecular flexibility index (Phi) is 5.98. The Labute approximate surface area is 111 Å². The van der Waals surface area contributed by atoms with Gasteiger partial charge in [0.25, 0.3) is 5.91 Å². The summed E-state index contributed by atoms with van der Waals surface area (Å²) in [7, 11) is 0. The van der Waals surface area contributed by atoms with Crippen LogP contribution in [0.2, 0.25) is 0 Å². The highest BCUT2D eigenvalue weighted by molar-refractivity contribution is 5.95. The molecule has 1 amide bonds. The summed E-state index contributed by atoms with van der Waals surface area (Å²) in [5.41, 5.74) is 0.675. The van der Waals surface area contributed by atoms with Crippen molar-refractivity contribution >= 4 is 17.6 Å². The average molecular weight is 267 g/mol. The van der Waals surface area contributed by atoms with E-state index < -0.39 is 5.97 Å². The van der Waals surface area contributed by atoms with Crippen molar-refractivity contribution in [1.82, 2.24) is 0 Å². The van der Waals surface area contributed by atoms with Crippen LogP contribution in [0.4, 0.5) is 5.69 Å². The first-order valence-corrected chi connectivity index (χ1v) is 5.92. The van der Waals surface area contributed by atoms with Crippen LogP contribution in [0.3, 0.4) is 0 Å². The molecule has 0 fully saturated rings. The molecule has 19 heavy (non-hydrogen) atoms. The van der Waals surface area contributed by atoms with Gasteiger partial charge in [-0.2, -0.15) is 0 Å². The average Bonchev–Trinajstić information content (AvgIpc) is 2.42. The van der Waals surface area contributed by atoms with E-state index in [1.54, 1.807) is 6.92 Å². The molecule has 0 saturated heterocycles. The summed E-state index contributed by atoms with van der Waals surface area (Å²) < 4.78 is 5.04. The van der Waals surface area contributed by atoms with Crippen molar-refractivity contribution in [3.63, 3.8) is 0 Å². The standard InChI is InChI=1S/C13H17NO5/c1-2-19-9-12(16)14(7-8-15)11-5-3-10(4-6-11)13(17)18/h3-6,15H,2,7-9H2,1H3,(H,17,18). The topological polar surface area (TPSA) is 87.1 Å². The number of hydrogen-bond acceptors (Lipinski definition) is 4. The molecule has 0 saturated carbocycles. The van der Waals surface area contributed by atoms with Crippen LogP contribution in [0.5, 0.6) is 0 Å². The summed E-state index contributed by atoms with van der Waals surface area (Å²) >= 11 is 0. The summed E-state index contributed by atoms with van der Waals surface area (Å²) in [6, 6.07) is 5.89. The maximum atomic E-state index is 11.9. The molecule has 0 spiro atoms. The number of rotatable bonds is 7. The van der Waals surface area contributed by atoms with Crippen LogP contribution in [0, 0.1) is 0 Å². The van der Waals surface area contributed by atoms with Gasteiger partial charge in [0.05, 0.1) is 12.2 Å². The van der Waals surface area contributed by atoms with E-state index in [9.17, 15) is 9.59 Å². The van der Waals surface area contributed by atoms with Crippen LogP contribution in [0.25, 0.3) is 0 Å². The molecule has 6 nitrogen and oxygen atoms in total. The molecular formula is C13H17NO5. The quantitative estimate of drug-likeness (QED) is 0.761. The van der Waals surface area contributed by atoms with E-state index in [-0.39, 0.29) is 31.2 Å². The number of ether oxygens (including phenoxy) is 1. The van der Waals surface area contributed by atoms with Crippen molar-refractivity contribution in [3.05, 3.63) is 29.8 Å². The molecule has 0 unspecified atom stereocenters. The smallest absolute Gasteiger partial charge is 0.335 e. The zero-order chi connectivity index (χ0) is 14.3. The fourth-order valence-corrected chi connectivity index (χ4v) is 1.55. The molecule has 0 aliphatic carbocycles. The second-order valence-corrected chi connectivity index (χ2v) is 3.76. The number of aromatic carboxylic acids is 1. The van der Waals surface area contributed by atoms with E-state index in [4.69, 9.17) is 14.9 Å². The first-order valence-electron chi connectivity index (χ1n) is 5.92. The molecule has 6 heteroatoms. The minimum atomic E-state index is -1.03. The highest BCUT2D eigenvalue weighted by Gasteiger charge is 2.15. The maximum absolute atomic E-state index is 11.9. The Bertz CT molecular complexity index is 429. The second-order valence-electron chi connectivity index (χ2n) is 3.76. The maximum Gasteiger partial charge on any atom is 0.335 e. The Morgan fingerprint density at radius 1 is 1.26 bits per heavy atom. The first kappa shape index (κ1) is 15.1. The minimum Gasteiger partial charge on any atom is -0.478 e. The summed E-state index contributed by atoms with van der Waals surface area (Å²) in [6.07, 6.45) is 0. The Hall–Kier alpha value is -1.92. The predicted molar refractivity (Wildman–Crippen MR) is 69.3 cm³/mol. The zero-order valence-electron chi connectivity index (χ0n) is 10.7. The third-order valence-electron chi connectivity index (χ3n) is 2.48. The van der Waals surface area contributed by atoms with Crippen LogP contribution in [0.1, 0.15) is 17.3 Å². The van der Waals surface area contributed by atoms with Gasteiger partial charge in [-0.3, -0.25) is 4.79 Å². The summed E-state index contributed by atoms with van der Waals surface area (Å²) in [5, 5.41) is 17.8. The third-order valence-corrected chi connectivity index (χ3v) is 2.48. The lowest BCUT2D eigenvalue weighted by molar-refractivity contribution is -0.123. The normalized spacial score (nSPS) is 10.2. The van der Waals surface area contributed by atoms with Crippen molar-refractivity contribution in [3.8, 4) is 0 Å². The lowest BCUT2D eigenvalue weighted by Crippen LogP contribution is -2.36. The highest BCUT2D eigenvalue weighted by atomic mass is 16.5. The van der Waals surface area contributed by atoms with Crippen molar-refractivity contribution in [2.45, 2.75) is 6.92 Å². The molecule has 0 bridgehead atoms. The number of benzene rings is 1. The van der Waals surface area contributed by atoms with Gasteiger partial charge < -0.3 is 19.8 Å². The summed E-state index contributed by atoms with van der Waals surface area (Å²) in [4.78, 5) is 24.0. The Morgan fingerprint density at radius 2 is 1.89 bits per heavy atom. The largest absolute Gasteiger partial charge is 0.478 e. The number of carboxylic acids is 1. The van der Waals surface area contributed by atoms with Gasteiger partial charge in [-0.1, -0.05) is 0 Å². The molecule has 0 atom stereocenters. The van der Waals surface area contributed by atoms with Crippen molar-refractivity contribution < 1.29 is 24.5 Å². The van der Waals surface area contributed by atoms with Gasteiger partial charge in [-0.15, -0.1) is 0 Å². The number of carbonyl (C=O) groups is 2. The monoisotopic (exact) mass is 267 g/mol. The molecule has 0 radical (unpaired) electrons. The molecule has 1 aromatic rings. The van der Waals surface area contributed by atoms with Gasteiger partial charge in [-0.05, 0) is 31.2 Å². The van der Waals surface area contributed by atoms with E-state index in [0.29, 0.717) is 12.3 Å². The number of nitrogens with zero attached hydrogens (tertiary/aromatic N) is 1. The number of amides is 1. The molecular weight excluding hydrogens is 250 g/mol.